The molecule has 1 unspecified atom stereocenters. The first-order valence-electron chi connectivity index (χ1n) is 7.15. The number of nitrogens with two attached hydrogens (primary N) is 2. The van der Waals surface area contributed by atoms with E-state index < -0.39 is 12.1 Å². The lowest BCUT2D eigenvalue weighted by atomic mass is 10.1. The van der Waals surface area contributed by atoms with Gasteiger partial charge in [-0.25, -0.2) is 4.79 Å². The minimum Gasteiger partial charge on any atom is -0.352 e. The Morgan fingerprint density at radius 1 is 1.09 bits per heavy atom. The normalized spacial score (nSPS) is 11.3. The minimum absolute atomic E-state index is 0. The summed E-state index contributed by atoms with van der Waals surface area (Å²) < 4.78 is 0. The fraction of sp³-hybridized carbons (Fsp3) is 0.250. The highest BCUT2D eigenvalue weighted by molar-refractivity contribution is 8.93. The summed E-state index contributed by atoms with van der Waals surface area (Å²) in [6.45, 7) is 0.409. The van der Waals surface area contributed by atoms with Crippen molar-refractivity contribution < 1.29 is 9.59 Å². The lowest BCUT2D eigenvalue weighted by Gasteiger charge is -2.12. The number of anilines is 1. The summed E-state index contributed by atoms with van der Waals surface area (Å²) in [7, 11) is 0. The average Bonchev–Trinajstić information content (AvgIpc) is 2.51. The summed E-state index contributed by atoms with van der Waals surface area (Å²) >= 11 is 0. The summed E-state index contributed by atoms with van der Waals surface area (Å²) in [5.41, 5.74) is 11.5. The predicted octanol–water partition coefficient (Wildman–Crippen LogP) is 2.13. The molecule has 0 aromatic heterocycles. The highest BCUT2D eigenvalue weighted by Gasteiger charge is 2.13. The number of halogens is 1. The van der Waals surface area contributed by atoms with E-state index in [1.807, 2.05) is 42.5 Å². The molecule has 0 aliphatic heterocycles. The maximum atomic E-state index is 12.0. The largest absolute Gasteiger partial charge is 0.352 e. The number of hydrogen-bond acceptors (Lipinski definition) is 3. The van der Waals surface area contributed by atoms with Crippen LogP contribution in [0.2, 0.25) is 0 Å². The van der Waals surface area contributed by atoms with Gasteiger partial charge in [-0.2, -0.15) is 0 Å². The molecule has 6 N–H and O–H groups in total. The molecule has 0 heterocycles. The molecule has 3 amide bonds. The average molecular weight is 381 g/mol. The van der Waals surface area contributed by atoms with E-state index in [-0.39, 0.29) is 22.9 Å². The van der Waals surface area contributed by atoms with Crippen LogP contribution < -0.4 is 22.1 Å². The highest BCUT2D eigenvalue weighted by Crippen LogP contribution is 2.19. The lowest BCUT2D eigenvalue weighted by molar-refractivity contribution is -0.117. The second-order valence-corrected chi connectivity index (χ2v) is 5.09. The van der Waals surface area contributed by atoms with Gasteiger partial charge in [0, 0.05) is 12.2 Å². The van der Waals surface area contributed by atoms with Crippen molar-refractivity contribution in [3.8, 4) is 0 Å². The number of urea groups is 1. The number of nitrogens with one attached hydrogen (secondary N) is 2. The second-order valence-electron chi connectivity index (χ2n) is 5.09. The summed E-state index contributed by atoms with van der Waals surface area (Å²) in [5.74, 6) is -0.241. The van der Waals surface area contributed by atoms with Gasteiger partial charge in [-0.3, -0.25) is 4.79 Å². The van der Waals surface area contributed by atoms with Gasteiger partial charge in [0.2, 0.25) is 5.91 Å². The van der Waals surface area contributed by atoms with Crippen molar-refractivity contribution in [2.75, 3.05) is 11.9 Å². The Morgan fingerprint density at radius 2 is 1.78 bits per heavy atom. The van der Waals surface area contributed by atoms with Crippen LogP contribution in [-0.4, -0.2) is 24.5 Å². The molecule has 0 saturated carbocycles. The molecule has 2 aromatic rings. The van der Waals surface area contributed by atoms with E-state index in [0.29, 0.717) is 19.4 Å². The Morgan fingerprint density at radius 3 is 2.48 bits per heavy atom. The van der Waals surface area contributed by atoms with E-state index in [9.17, 15) is 9.59 Å². The Kier molecular flexibility index (Phi) is 7.50. The molecular formula is C16H21BrN4O2. The van der Waals surface area contributed by atoms with Gasteiger partial charge >= 0.3 is 6.03 Å². The fourth-order valence-corrected chi connectivity index (χ4v) is 2.17. The van der Waals surface area contributed by atoms with Crippen LogP contribution in [0.15, 0.2) is 42.5 Å². The fourth-order valence-electron chi connectivity index (χ4n) is 2.17. The number of carbonyl (C=O) groups is 2. The number of primary amides is 1. The van der Waals surface area contributed by atoms with Gasteiger partial charge in [0.05, 0.1) is 6.04 Å². The van der Waals surface area contributed by atoms with Gasteiger partial charge in [-0.1, -0.05) is 30.3 Å². The van der Waals surface area contributed by atoms with Crippen molar-refractivity contribution in [3.63, 3.8) is 0 Å². The van der Waals surface area contributed by atoms with E-state index >= 15 is 0 Å². The molecule has 0 fully saturated rings. The van der Waals surface area contributed by atoms with E-state index in [4.69, 9.17) is 11.5 Å². The molecule has 1 atom stereocenters. The third kappa shape index (κ3) is 5.88. The quantitative estimate of drug-likeness (QED) is 0.576. The van der Waals surface area contributed by atoms with Gasteiger partial charge in [-0.15, -0.1) is 17.0 Å². The third-order valence-electron chi connectivity index (χ3n) is 3.34. The number of rotatable bonds is 6. The summed E-state index contributed by atoms with van der Waals surface area (Å²) in [6, 6.07) is 12.4. The number of benzene rings is 2. The van der Waals surface area contributed by atoms with Crippen molar-refractivity contribution in [3.05, 3.63) is 42.5 Å². The predicted molar refractivity (Wildman–Crippen MR) is 97.7 cm³/mol. The molecule has 0 bridgehead atoms. The zero-order valence-electron chi connectivity index (χ0n) is 12.6. The molecule has 0 saturated heterocycles. The van der Waals surface area contributed by atoms with Crippen molar-refractivity contribution in [2.24, 2.45) is 11.5 Å². The standard InChI is InChI=1S/C16H20N4O2.BrH/c17-14(6-3-9-19-16(18)22)15(21)20-13-8-7-11-4-1-2-5-12(11)10-13;/h1-2,4-5,7-8,10,14H,3,6,9,17H2,(H,20,21)(H3,18,19,22);1H. The molecule has 0 spiro atoms. The molecule has 0 radical (unpaired) electrons. The maximum absolute atomic E-state index is 12.0. The highest BCUT2D eigenvalue weighted by atomic mass is 79.9. The second kappa shape index (κ2) is 9.12. The van der Waals surface area contributed by atoms with Gasteiger partial charge in [0.1, 0.15) is 0 Å². The third-order valence-corrected chi connectivity index (χ3v) is 3.34. The van der Waals surface area contributed by atoms with E-state index in [1.165, 1.54) is 0 Å². The maximum Gasteiger partial charge on any atom is 0.312 e. The zero-order chi connectivity index (χ0) is 15.9. The molecule has 124 valence electrons. The van der Waals surface area contributed by atoms with Crippen LogP contribution in [0.25, 0.3) is 10.8 Å². The van der Waals surface area contributed by atoms with Gasteiger partial charge in [0.15, 0.2) is 0 Å². The van der Waals surface area contributed by atoms with E-state index in [0.717, 1.165) is 16.5 Å². The first kappa shape index (κ1) is 18.9. The summed E-state index contributed by atoms with van der Waals surface area (Å²) in [5, 5.41) is 7.44. The Labute approximate surface area is 145 Å². The van der Waals surface area contributed by atoms with Crippen LogP contribution in [0.3, 0.4) is 0 Å². The van der Waals surface area contributed by atoms with E-state index in [2.05, 4.69) is 10.6 Å². The number of hydrogen-bond donors (Lipinski definition) is 4. The summed E-state index contributed by atoms with van der Waals surface area (Å²) in [4.78, 5) is 22.6. The van der Waals surface area contributed by atoms with Crippen LogP contribution in [0.5, 0.6) is 0 Å². The van der Waals surface area contributed by atoms with Gasteiger partial charge < -0.3 is 22.1 Å². The molecule has 2 aromatic carbocycles. The number of amides is 3. The van der Waals surface area contributed by atoms with Gasteiger partial charge in [-0.05, 0) is 35.7 Å². The van der Waals surface area contributed by atoms with Crippen molar-refractivity contribution in [1.29, 1.82) is 0 Å². The SMILES string of the molecule is Br.NC(=O)NCCCC(N)C(=O)Nc1ccc2ccccc2c1. The van der Waals surface area contributed by atoms with Crippen molar-refractivity contribution in [1.82, 2.24) is 5.32 Å². The summed E-state index contributed by atoms with van der Waals surface area (Å²) in [6.07, 6.45) is 1.06. The monoisotopic (exact) mass is 380 g/mol. The first-order chi connectivity index (χ1) is 10.6. The topological polar surface area (TPSA) is 110 Å². The molecule has 0 aliphatic carbocycles. The van der Waals surface area contributed by atoms with E-state index in [1.54, 1.807) is 0 Å². The van der Waals surface area contributed by atoms with Crippen molar-refractivity contribution in [2.45, 2.75) is 18.9 Å². The van der Waals surface area contributed by atoms with Gasteiger partial charge in [0.25, 0.3) is 0 Å². The van der Waals surface area contributed by atoms with Crippen LogP contribution in [-0.2, 0) is 4.79 Å². The molecule has 7 heteroatoms. The molecule has 2 rings (SSSR count). The van der Waals surface area contributed by atoms with Crippen molar-refractivity contribution >= 4 is 45.4 Å². The van der Waals surface area contributed by atoms with Crippen LogP contribution >= 0.6 is 17.0 Å². The Bertz CT molecular complexity index is 678. The number of fused-ring (bicyclic) bond motifs is 1. The first-order valence-corrected chi connectivity index (χ1v) is 7.15. The van der Waals surface area contributed by atoms with Crippen LogP contribution in [0, 0.1) is 0 Å². The zero-order valence-corrected chi connectivity index (χ0v) is 14.3. The lowest BCUT2D eigenvalue weighted by Crippen LogP contribution is -2.37. The van der Waals surface area contributed by atoms with Crippen LogP contribution in [0.4, 0.5) is 10.5 Å². The van der Waals surface area contributed by atoms with Crippen LogP contribution in [0.1, 0.15) is 12.8 Å². The molecule has 23 heavy (non-hydrogen) atoms. The smallest absolute Gasteiger partial charge is 0.312 e. The number of carbonyl (C=O) groups excluding carboxylic acids is 2. The Balaban J connectivity index is 0.00000264. The molecular weight excluding hydrogens is 360 g/mol. The molecule has 6 nitrogen and oxygen atoms in total. The Hall–Kier alpha value is -2.12. The molecule has 0 aliphatic rings. The minimum atomic E-state index is -0.624.